The number of benzene rings is 1. The highest BCUT2D eigenvalue weighted by Gasteiger charge is 2.40. The predicted molar refractivity (Wildman–Crippen MR) is 75.6 cm³/mol. The molecule has 6 heteroatoms. The van der Waals surface area contributed by atoms with E-state index in [2.05, 4.69) is 0 Å². The number of carbonyl (C=O) groups is 2. The van der Waals surface area contributed by atoms with E-state index < -0.39 is 5.82 Å². The molecule has 1 aromatic carbocycles. The summed E-state index contributed by atoms with van der Waals surface area (Å²) >= 11 is 0. The third-order valence-electron chi connectivity index (χ3n) is 4.22. The first-order valence-electron chi connectivity index (χ1n) is 7.18. The maximum atomic E-state index is 13.1. The van der Waals surface area contributed by atoms with Crippen LogP contribution in [0, 0.1) is 5.82 Å². The maximum absolute atomic E-state index is 13.1. The number of halogens is 1. The standard InChI is InChI=1S/C15H18FN3O2/c16-11-5-4-10(12(17)7-11)8-18-9-14(20)19-6-2-1-3-13(19)15(18)21/h4-5,7,13H,1-3,6,8-9,17H2. The first kappa shape index (κ1) is 13.9. The first-order chi connectivity index (χ1) is 10.1. The maximum Gasteiger partial charge on any atom is 0.246 e. The Balaban J connectivity index is 1.79. The van der Waals surface area contributed by atoms with Gasteiger partial charge in [0.1, 0.15) is 18.4 Å². The van der Waals surface area contributed by atoms with Crippen LogP contribution < -0.4 is 5.73 Å². The van der Waals surface area contributed by atoms with E-state index in [0.717, 1.165) is 19.3 Å². The molecular formula is C15H18FN3O2. The Bertz CT molecular complexity index is 590. The molecule has 2 amide bonds. The Hall–Kier alpha value is -2.11. The third kappa shape index (κ3) is 2.57. The second-order valence-electron chi connectivity index (χ2n) is 5.64. The van der Waals surface area contributed by atoms with Crippen LogP contribution in [0.3, 0.4) is 0 Å². The minimum atomic E-state index is -0.407. The number of rotatable bonds is 2. The molecule has 2 aliphatic rings. The van der Waals surface area contributed by atoms with Gasteiger partial charge < -0.3 is 15.5 Å². The van der Waals surface area contributed by atoms with Gasteiger partial charge in [-0.1, -0.05) is 6.07 Å². The van der Waals surface area contributed by atoms with E-state index in [1.807, 2.05) is 0 Å². The zero-order chi connectivity index (χ0) is 15.0. The molecule has 2 N–H and O–H groups in total. The normalized spacial score (nSPS) is 22.4. The number of hydrogen-bond donors (Lipinski definition) is 1. The lowest BCUT2D eigenvalue weighted by Gasteiger charge is -2.42. The summed E-state index contributed by atoms with van der Waals surface area (Å²) in [5, 5.41) is 0. The van der Waals surface area contributed by atoms with E-state index in [-0.39, 0.29) is 30.9 Å². The lowest BCUT2D eigenvalue weighted by molar-refractivity contribution is -0.158. The number of piperidine rings is 1. The van der Waals surface area contributed by atoms with Crippen molar-refractivity contribution in [2.45, 2.75) is 31.8 Å². The van der Waals surface area contributed by atoms with Gasteiger partial charge in [0.05, 0.1) is 0 Å². The summed E-state index contributed by atoms with van der Waals surface area (Å²) in [7, 11) is 0. The Kier molecular flexibility index (Phi) is 3.53. The molecule has 5 nitrogen and oxygen atoms in total. The molecule has 0 radical (unpaired) electrons. The lowest BCUT2D eigenvalue weighted by atomic mass is 9.98. The minimum absolute atomic E-state index is 0.0139. The summed E-state index contributed by atoms with van der Waals surface area (Å²) in [5.41, 5.74) is 6.75. The zero-order valence-corrected chi connectivity index (χ0v) is 11.7. The summed E-state index contributed by atoms with van der Waals surface area (Å²) in [4.78, 5) is 27.9. The van der Waals surface area contributed by atoms with Gasteiger partial charge in [0, 0.05) is 18.8 Å². The molecule has 2 heterocycles. The van der Waals surface area contributed by atoms with Gasteiger partial charge in [-0.15, -0.1) is 0 Å². The van der Waals surface area contributed by atoms with Gasteiger partial charge in [0.25, 0.3) is 0 Å². The van der Waals surface area contributed by atoms with Crippen LogP contribution in [0.2, 0.25) is 0 Å². The van der Waals surface area contributed by atoms with Crippen molar-refractivity contribution in [1.82, 2.24) is 9.80 Å². The fourth-order valence-electron chi connectivity index (χ4n) is 3.08. The zero-order valence-electron chi connectivity index (χ0n) is 11.7. The number of carbonyl (C=O) groups excluding carboxylic acids is 2. The quantitative estimate of drug-likeness (QED) is 0.831. The molecule has 0 spiro atoms. The molecule has 0 bridgehead atoms. The molecule has 21 heavy (non-hydrogen) atoms. The van der Waals surface area contributed by atoms with Crippen molar-refractivity contribution in [3.63, 3.8) is 0 Å². The number of amides is 2. The molecule has 3 rings (SSSR count). The van der Waals surface area contributed by atoms with Crippen LogP contribution in [0.15, 0.2) is 18.2 Å². The topological polar surface area (TPSA) is 66.6 Å². The van der Waals surface area contributed by atoms with Crippen LogP contribution in [0.25, 0.3) is 0 Å². The predicted octanol–water partition coefficient (Wildman–Crippen LogP) is 1.13. The molecule has 112 valence electrons. The van der Waals surface area contributed by atoms with Gasteiger partial charge in [-0.05, 0) is 37.0 Å². The smallest absolute Gasteiger partial charge is 0.246 e. The Morgan fingerprint density at radius 2 is 2.10 bits per heavy atom. The number of nitrogens with zero attached hydrogens (tertiary/aromatic N) is 2. The van der Waals surface area contributed by atoms with Crippen LogP contribution in [0.1, 0.15) is 24.8 Å². The van der Waals surface area contributed by atoms with E-state index in [4.69, 9.17) is 5.73 Å². The molecule has 1 atom stereocenters. The van der Waals surface area contributed by atoms with E-state index in [1.165, 1.54) is 17.0 Å². The van der Waals surface area contributed by atoms with Crippen LogP contribution in [-0.2, 0) is 16.1 Å². The van der Waals surface area contributed by atoms with Crippen molar-refractivity contribution in [2.24, 2.45) is 0 Å². The van der Waals surface area contributed by atoms with Crippen molar-refractivity contribution in [2.75, 3.05) is 18.8 Å². The Morgan fingerprint density at radius 1 is 1.29 bits per heavy atom. The molecule has 0 aliphatic carbocycles. The third-order valence-corrected chi connectivity index (χ3v) is 4.22. The van der Waals surface area contributed by atoms with Gasteiger partial charge in [0.15, 0.2) is 0 Å². The number of hydrogen-bond acceptors (Lipinski definition) is 3. The van der Waals surface area contributed by atoms with E-state index in [0.29, 0.717) is 17.8 Å². The summed E-state index contributed by atoms with van der Waals surface area (Å²) in [6, 6.07) is 3.78. The molecule has 2 saturated heterocycles. The SMILES string of the molecule is Nc1cc(F)ccc1CN1CC(=O)N2CCCCC2C1=O. The van der Waals surface area contributed by atoms with Crippen molar-refractivity contribution in [3.8, 4) is 0 Å². The molecule has 2 aliphatic heterocycles. The van der Waals surface area contributed by atoms with Crippen molar-refractivity contribution < 1.29 is 14.0 Å². The van der Waals surface area contributed by atoms with E-state index in [9.17, 15) is 14.0 Å². The fraction of sp³-hybridized carbons (Fsp3) is 0.467. The van der Waals surface area contributed by atoms with Crippen LogP contribution in [0.4, 0.5) is 10.1 Å². The van der Waals surface area contributed by atoms with E-state index >= 15 is 0 Å². The molecule has 1 unspecified atom stereocenters. The molecule has 0 aromatic heterocycles. The van der Waals surface area contributed by atoms with E-state index in [1.54, 1.807) is 11.0 Å². The minimum Gasteiger partial charge on any atom is -0.398 e. The highest BCUT2D eigenvalue weighted by atomic mass is 19.1. The van der Waals surface area contributed by atoms with Gasteiger partial charge in [0.2, 0.25) is 11.8 Å². The number of anilines is 1. The average Bonchev–Trinajstić information content (AvgIpc) is 2.47. The van der Waals surface area contributed by atoms with Crippen molar-refractivity contribution in [3.05, 3.63) is 29.6 Å². The second kappa shape index (κ2) is 5.35. The van der Waals surface area contributed by atoms with Gasteiger partial charge in [-0.25, -0.2) is 4.39 Å². The number of nitrogens with two attached hydrogens (primary N) is 1. The monoisotopic (exact) mass is 291 g/mol. The summed E-state index contributed by atoms with van der Waals surface area (Å²) in [6.07, 6.45) is 2.65. The fourth-order valence-corrected chi connectivity index (χ4v) is 3.08. The molecule has 1 aromatic rings. The molecule has 2 fully saturated rings. The number of piperazine rings is 1. The highest BCUT2D eigenvalue weighted by Crippen LogP contribution is 2.25. The number of nitrogen functional groups attached to an aromatic ring is 1. The average molecular weight is 291 g/mol. The summed E-state index contributed by atoms with van der Waals surface area (Å²) < 4.78 is 13.1. The van der Waals surface area contributed by atoms with Gasteiger partial charge in [-0.2, -0.15) is 0 Å². The number of fused-ring (bicyclic) bond motifs is 1. The Labute approximate surface area is 122 Å². The second-order valence-corrected chi connectivity index (χ2v) is 5.64. The van der Waals surface area contributed by atoms with Crippen LogP contribution in [0.5, 0.6) is 0 Å². The largest absolute Gasteiger partial charge is 0.398 e. The lowest BCUT2D eigenvalue weighted by Crippen LogP contribution is -2.60. The first-order valence-corrected chi connectivity index (χ1v) is 7.18. The summed E-state index contributed by atoms with van der Waals surface area (Å²) in [5.74, 6) is -0.450. The van der Waals surface area contributed by atoms with Crippen molar-refractivity contribution >= 4 is 17.5 Å². The molecular weight excluding hydrogens is 273 g/mol. The Morgan fingerprint density at radius 3 is 2.86 bits per heavy atom. The van der Waals surface area contributed by atoms with Gasteiger partial charge >= 0.3 is 0 Å². The molecule has 0 saturated carbocycles. The highest BCUT2D eigenvalue weighted by molar-refractivity contribution is 5.95. The van der Waals surface area contributed by atoms with Crippen LogP contribution >= 0.6 is 0 Å². The van der Waals surface area contributed by atoms with Gasteiger partial charge in [-0.3, -0.25) is 9.59 Å². The summed E-state index contributed by atoms with van der Waals surface area (Å²) in [6.45, 7) is 0.995. The van der Waals surface area contributed by atoms with Crippen molar-refractivity contribution in [1.29, 1.82) is 0 Å². The van der Waals surface area contributed by atoms with Crippen LogP contribution in [-0.4, -0.2) is 40.7 Å².